The van der Waals surface area contributed by atoms with Gasteiger partial charge in [0.2, 0.25) is 0 Å². The summed E-state index contributed by atoms with van der Waals surface area (Å²) in [6.45, 7) is 0.299. The Bertz CT molecular complexity index is 1140. The largest absolute Gasteiger partial charge is 0.485 e. The Morgan fingerprint density at radius 3 is 2.88 bits per heavy atom. The number of para-hydroxylation sites is 3. The molecular weight excluding hydrogens is 328 g/mol. The number of fused-ring (bicyclic) bond motifs is 4. The van der Waals surface area contributed by atoms with Gasteiger partial charge in [-0.15, -0.1) is 0 Å². The van der Waals surface area contributed by atoms with E-state index in [1.54, 1.807) is 12.5 Å². The normalized spacial score (nSPS) is 12.2. The van der Waals surface area contributed by atoms with E-state index in [0.717, 1.165) is 28.0 Å². The van der Waals surface area contributed by atoms with Crippen LogP contribution in [0.3, 0.4) is 0 Å². The summed E-state index contributed by atoms with van der Waals surface area (Å²) in [7, 11) is 0. The number of benzene rings is 2. The molecule has 1 N–H and O–H groups in total. The van der Waals surface area contributed by atoms with Crippen LogP contribution in [0.15, 0.2) is 67.1 Å². The lowest BCUT2D eigenvalue weighted by Crippen LogP contribution is -2.19. The van der Waals surface area contributed by atoms with E-state index in [2.05, 4.69) is 15.3 Å². The Morgan fingerprint density at radius 1 is 1.04 bits per heavy atom. The lowest BCUT2D eigenvalue weighted by atomic mass is 10.2. The Kier molecular flexibility index (Phi) is 3.21. The third-order valence-electron chi connectivity index (χ3n) is 4.45. The highest BCUT2D eigenvalue weighted by atomic mass is 16.5. The molecule has 3 heterocycles. The van der Waals surface area contributed by atoms with E-state index in [9.17, 15) is 4.79 Å². The topological polar surface area (TPSA) is 69.0 Å². The summed E-state index contributed by atoms with van der Waals surface area (Å²) in [6.07, 6.45) is 3.37. The summed E-state index contributed by atoms with van der Waals surface area (Å²) in [5.74, 6) is 0.502. The van der Waals surface area contributed by atoms with Crippen LogP contribution >= 0.6 is 0 Å². The van der Waals surface area contributed by atoms with E-state index < -0.39 is 0 Å². The van der Waals surface area contributed by atoms with Gasteiger partial charge in [-0.3, -0.25) is 14.3 Å². The molecule has 2 aromatic carbocycles. The Morgan fingerprint density at radius 2 is 1.92 bits per heavy atom. The van der Waals surface area contributed by atoms with Crippen molar-refractivity contribution in [3.8, 4) is 11.4 Å². The Labute approximate surface area is 149 Å². The van der Waals surface area contributed by atoms with Gasteiger partial charge in [0, 0.05) is 11.6 Å². The molecular formula is C20H14N4O2. The molecule has 5 rings (SSSR count). The third-order valence-corrected chi connectivity index (χ3v) is 4.45. The van der Waals surface area contributed by atoms with E-state index in [1.807, 2.05) is 59.2 Å². The molecule has 0 saturated carbocycles. The van der Waals surface area contributed by atoms with Crippen LogP contribution < -0.4 is 10.1 Å². The lowest BCUT2D eigenvalue weighted by Gasteiger charge is -2.20. The number of ether oxygens (including phenoxy) is 1. The maximum Gasteiger partial charge on any atom is 0.276 e. The van der Waals surface area contributed by atoms with Crippen molar-refractivity contribution in [1.29, 1.82) is 0 Å². The molecule has 2 aromatic heterocycles. The van der Waals surface area contributed by atoms with Gasteiger partial charge in [0.25, 0.3) is 5.91 Å². The smallest absolute Gasteiger partial charge is 0.276 e. The number of rotatable bonds is 2. The lowest BCUT2D eigenvalue weighted by molar-refractivity contribution is 0.101. The van der Waals surface area contributed by atoms with Crippen molar-refractivity contribution >= 4 is 22.5 Å². The number of carbonyl (C=O) groups excluding carboxylic acids is 1. The fourth-order valence-corrected chi connectivity index (χ4v) is 3.22. The van der Waals surface area contributed by atoms with Crippen molar-refractivity contribution in [2.24, 2.45) is 0 Å². The highest BCUT2D eigenvalue weighted by Gasteiger charge is 2.24. The molecule has 0 fully saturated rings. The molecule has 6 nitrogen and oxygen atoms in total. The molecule has 1 amide bonds. The first-order valence-electron chi connectivity index (χ1n) is 8.25. The Hall–Kier alpha value is -3.67. The van der Waals surface area contributed by atoms with Crippen molar-refractivity contribution in [2.45, 2.75) is 6.61 Å². The summed E-state index contributed by atoms with van der Waals surface area (Å²) >= 11 is 0. The van der Waals surface area contributed by atoms with Gasteiger partial charge in [0.15, 0.2) is 5.69 Å². The molecule has 0 unspecified atom stereocenters. The van der Waals surface area contributed by atoms with Gasteiger partial charge in [-0.1, -0.05) is 30.3 Å². The molecule has 1 aliphatic rings. The van der Waals surface area contributed by atoms with Crippen LogP contribution in [0.4, 0.5) is 5.69 Å². The van der Waals surface area contributed by atoms with Gasteiger partial charge in [-0.25, -0.2) is 4.98 Å². The van der Waals surface area contributed by atoms with Crippen LogP contribution in [0.5, 0.6) is 5.75 Å². The predicted octanol–water partition coefficient (Wildman–Crippen LogP) is 3.57. The molecule has 6 heteroatoms. The number of pyridine rings is 1. The van der Waals surface area contributed by atoms with Crippen LogP contribution in [-0.4, -0.2) is 20.4 Å². The second-order valence-electron chi connectivity index (χ2n) is 6.00. The number of anilines is 1. The average Bonchev–Trinajstić information content (AvgIpc) is 3.13. The second-order valence-corrected chi connectivity index (χ2v) is 6.00. The van der Waals surface area contributed by atoms with Gasteiger partial charge in [-0.2, -0.15) is 0 Å². The van der Waals surface area contributed by atoms with Crippen LogP contribution in [-0.2, 0) is 6.61 Å². The van der Waals surface area contributed by atoms with Crippen molar-refractivity contribution in [3.63, 3.8) is 0 Å². The zero-order valence-electron chi connectivity index (χ0n) is 13.7. The number of imidazole rings is 1. The van der Waals surface area contributed by atoms with Crippen molar-refractivity contribution < 1.29 is 9.53 Å². The van der Waals surface area contributed by atoms with Crippen LogP contribution in [0.25, 0.3) is 16.6 Å². The molecule has 4 aromatic rings. The molecule has 0 atom stereocenters. The number of aromatic nitrogens is 3. The fraction of sp³-hybridized carbons (Fsp3) is 0.0500. The minimum atomic E-state index is -0.278. The maximum absolute atomic E-state index is 12.8. The van der Waals surface area contributed by atoms with Crippen LogP contribution in [0.1, 0.15) is 16.2 Å². The molecule has 0 radical (unpaired) electrons. The summed E-state index contributed by atoms with van der Waals surface area (Å²) in [5, 5.41) is 3.90. The molecule has 0 bridgehead atoms. The number of hydrogen-bond acceptors (Lipinski definition) is 4. The van der Waals surface area contributed by atoms with E-state index >= 15 is 0 Å². The molecule has 26 heavy (non-hydrogen) atoms. The van der Waals surface area contributed by atoms with Crippen molar-refractivity contribution in [2.75, 3.05) is 5.32 Å². The molecule has 0 aliphatic carbocycles. The number of nitrogens with zero attached hydrogens (tertiary/aromatic N) is 3. The zero-order valence-corrected chi connectivity index (χ0v) is 13.7. The first kappa shape index (κ1) is 14.7. The SMILES string of the molecule is O=C(Nc1cccc2cccnc12)c1ncn2c1COc1ccccc1-2. The summed E-state index contributed by atoms with van der Waals surface area (Å²) < 4.78 is 7.66. The Balaban J connectivity index is 1.52. The van der Waals surface area contributed by atoms with Gasteiger partial charge in [0.1, 0.15) is 18.7 Å². The maximum atomic E-state index is 12.8. The molecule has 0 spiro atoms. The highest BCUT2D eigenvalue weighted by molar-refractivity contribution is 6.08. The monoisotopic (exact) mass is 342 g/mol. The van der Waals surface area contributed by atoms with Crippen LogP contribution in [0.2, 0.25) is 0 Å². The third kappa shape index (κ3) is 2.23. The molecule has 0 saturated heterocycles. The first-order chi connectivity index (χ1) is 12.8. The molecule has 1 aliphatic heterocycles. The van der Waals surface area contributed by atoms with Gasteiger partial charge in [-0.05, 0) is 24.3 Å². The van der Waals surface area contributed by atoms with E-state index in [4.69, 9.17) is 4.74 Å². The summed E-state index contributed by atoms with van der Waals surface area (Å²) in [5.41, 5.74) is 3.37. The minimum absolute atomic E-state index is 0.278. The zero-order chi connectivity index (χ0) is 17.5. The number of amides is 1. The number of hydrogen-bond donors (Lipinski definition) is 1. The summed E-state index contributed by atoms with van der Waals surface area (Å²) in [6, 6.07) is 17.2. The van der Waals surface area contributed by atoms with Crippen molar-refractivity contribution in [1.82, 2.24) is 14.5 Å². The minimum Gasteiger partial charge on any atom is -0.485 e. The van der Waals surface area contributed by atoms with E-state index in [0.29, 0.717) is 18.0 Å². The van der Waals surface area contributed by atoms with E-state index in [1.165, 1.54) is 0 Å². The van der Waals surface area contributed by atoms with E-state index in [-0.39, 0.29) is 5.91 Å². The fourth-order valence-electron chi connectivity index (χ4n) is 3.22. The van der Waals surface area contributed by atoms with Crippen molar-refractivity contribution in [3.05, 3.63) is 78.5 Å². The number of nitrogens with one attached hydrogen (secondary N) is 1. The predicted molar refractivity (Wildman–Crippen MR) is 97.6 cm³/mol. The van der Waals surface area contributed by atoms with Crippen LogP contribution in [0, 0.1) is 0 Å². The first-order valence-corrected chi connectivity index (χ1v) is 8.25. The van der Waals surface area contributed by atoms with Gasteiger partial charge in [0.05, 0.1) is 22.6 Å². The quantitative estimate of drug-likeness (QED) is 0.605. The second kappa shape index (κ2) is 5.70. The van der Waals surface area contributed by atoms with Gasteiger partial charge >= 0.3 is 0 Å². The highest BCUT2D eigenvalue weighted by Crippen LogP contribution is 2.31. The summed E-state index contributed by atoms with van der Waals surface area (Å²) in [4.78, 5) is 21.5. The number of carbonyl (C=O) groups is 1. The standard InChI is InChI=1S/C20H14N4O2/c25-20(23-14-7-3-5-13-6-4-10-21-18(13)14)19-16-11-26-17-9-2-1-8-15(17)24(16)12-22-19/h1-10,12H,11H2,(H,23,25). The molecule has 126 valence electrons. The average molecular weight is 342 g/mol. The van der Waals surface area contributed by atoms with Gasteiger partial charge < -0.3 is 10.1 Å².